The molecule has 0 aliphatic heterocycles. The van der Waals surface area contributed by atoms with E-state index in [4.69, 9.17) is 5.11 Å². The van der Waals surface area contributed by atoms with E-state index in [-0.39, 0.29) is 12.1 Å². The molecule has 0 amide bonds. The third-order valence-electron chi connectivity index (χ3n) is 0.496. The zero-order valence-corrected chi connectivity index (χ0v) is 5.46. The van der Waals surface area contributed by atoms with Gasteiger partial charge in [0.05, 0.1) is 0 Å². The summed E-state index contributed by atoms with van der Waals surface area (Å²) in [6.45, 7) is 1.93. The molecule has 54 valence electrons. The lowest BCUT2D eigenvalue weighted by molar-refractivity contribution is 0.318. The maximum atomic E-state index is 7.57. The Balaban J connectivity index is 0. The second kappa shape index (κ2) is 10.2. The summed E-state index contributed by atoms with van der Waals surface area (Å²) in [7, 11) is 0. The Hall–Kier alpha value is -0.800. The molecule has 3 nitrogen and oxygen atoms in total. The molecule has 0 spiro atoms. The third kappa shape index (κ3) is 11.0. The topological polar surface area (TPSA) is 67.5 Å². The number of aliphatic hydroxyl groups is 1. The van der Waals surface area contributed by atoms with Crippen molar-refractivity contribution in [3.8, 4) is 0 Å². The molecule has 4 N–H and O–H groups in total. The molecule has 0 unspecified atom stereocenters. The van der Waals surface area contributed by atoms with Crippen LogP contribution in [-0.2, 0) is 0 Å². The highest BCUT2D eigenvalue weighted by molar-refractivity contribution is 4.84. The van der Waals surface area contributed by atoms with Gasteiger partial charge in [-0.1, -0.05) is 0 Å². The van der Waals surface area contributed by atoms with Gasteiger partial charge < -0.3 is 15.6 Å². The van der Waals surface area contributed by atoms with E-state index in [1.54, 1.807) is 6.92 Å². The summed E-state index contributed by atoms with van der Waals surface area (Å²) in [6, 6.07) is 3.89. The first-order valence-corrected chi connectivity index (χ1v) is 2.60. The minimum atomic E-state index is 0. The van der Waals surface area contributed by atoms with Gasteiger partial charge in [-0.05, 0) is 19.1 Å². The van der Waals surface area contributed by atoms with Gasteiger partial charge in [0.2, 0.25) is 0 Å². The summed E-state index contributed by atoms with van der Waals surface area (Å²) in [6.07, 6.45) is 3.75. The Morgan fingerprint density at radius 2 is 1.67 bits per heavy atom. The number of aromatic amines is 1. The SMILES string of the molecule is CCO.O.c1cc[nH]c1. The van der Waals surface area contributed by atoms with Crippen LogP contribution in [0.3, 0.4) is 0 Å². The monoisotopic (exact) mass is 131 g/mol. The molecule has 0 radical (unpaired) electrons. The average Bonchev–Trinajstić information content (AvgIpc) is 2.17. The molecular weight excluding hydrogens is 118 g/mol. The smallest absolute Gasteiger partial charge is 0.0402 e. The summed E-state index contributed by atoms with van der Waals surface area (Å²) in [5.41, 5.74) is 0. The van der Waals surface area contributed by atoms with E-state index in [1.165, 1.54) is 0 Å². The van der Waals surface area contributed by atoms with Crippen molar-refractivity contribution in [2.24, 2.45) is 0 Å². The molecule has 0 saturated carbocycles. The molecule has 0 saturated heterocycles. The first-order valence-electron chi connectivity index (χ1n) is 2.60. The summed E-state index contributed by atoms with van der Waals surface area (Å²) in [5, 5.41) is 7.57. The number of aliphatic hydroxyl groups excluding tert-OH is 1. The third-order valence-corrected chi connectivity index (χ3v) is 0.496. The van der Waals surface area contributed by atoms with Crippen LogP contribution in [0, 0.1) is 0 Å². The van der Waals surface area contributed by atoms with Gasteiger partial charge >= 0.3 is 0 Å². The van der Waals surface area contributed by atoms with Crippen LogP contribution in [0.1, 0.15) is 6.92 Å². The Bertz CT molecular complexity index is 78.0. The summed E-state index contributed by atoms with van der Waals surface area (Å²) >= 11 is 0. The first kappa shape index (κ1) is 11.1. The van der Waals surface area contributed by atoms with Gasteiger partial charge in [0.25, 0.3) is 0 Å². The molecular formula is C6H13NO2. The van der Waals surface area contributed by atoms with Gasteiger partial charge in [0, 0.05) is 19.0 Å². The van der Waals surface area contributed by atoms with Crippen LogP contribution in [0.2, 0.25) is 0 Å². The summed E-state index contributed by atoms with van der Waals surface area (Å²) in [5.74, 6) is 0. The lowest BCUT2D eigenvalue weighted by Gasteiger charge is -1.52. The van der Waals surface area contributed by atoms with Crippen molar-refractivity contribution in [1.82, 2.24) is 4.98 Å². The van der Waals surface area contributed by atoms with Crippen molar-refractivity contribution in [2.45, 2.75) is 6.92 Å². The minimum absolute atomic E-state index is 0. The molecule has 3 heteroatoms. The van der Waals surface area contributed by atoms with Crippen molar-refractivity contribution in [3.05, 3.63) is 24.5 Å². The number of nitrogens with one attached hydrogen (secondary N) is 1. The molecule has 0 aliphatic rings. The van der Waals surface area contributed by atoms with Crippen molar-refractivity contribution < 1.29 is 10.6 Å². The van der Waals surface area contributed by atoms with Crippen molar-refractivity contribution in [2.75, 3.05) is 6.61 Å². The van der Waals surface area contributed by atoms with Gasteiger partial charge in [-0.3, -0.25) is 0 Å². The van der Waals surface area contributed by atoms with Crippen molar-refractivity contribution >= 4 is 0 Å². The van der Waals surface area contributed by atoms with E-state index >= 15 is 0 Å². The molecule has 1 aromatic heterocycles. The van der Waals surface area contributed by atoms with Gasteiger partial charge in [0.15, 0.2) is 0 Å². The predicted octanol–water partition coefficient (Wildman–Crippen LogP) is 0.189. The number of rotatable bonds is 0. The largest absolute Gasteiger partial charge is 0.412 e. The lowest BCUT2D eigenvalue weighted by Crippen LogP contribution is -1.57. The fourth-order valence-electron chi connectivity index (χ4n) is 0.278. The van der Waals surface area contributed by atoms with Crippen LogP contribution in [-0.4, -0.2) is 22.2 Å². The second-order valence-electron chi connectivity index (χ2n) is 1.20. The molecule has 9 heavy (non-hydrogen) atoms. The Morgan fingerprint density at radius 3 is 1.78 bits per heavy atom. The standard InChI is InChI=1S/C4H5N.C2H6O.H2O/c1-2-4-5-3-1;1-2-3;/h1-5H;3H,2H2,1H3;1H2. The van der Waals surface area contributed by atoms with Crippen LogP contribution >= 0.6 is 0 Å². The maximum absolute atomic E-state index is 7.57. The van der Waals surface area contributed by atoms with Crippen LogP contribution in [0.15, 0.2) is 24.5 Å². The fourth-order valence-corrected chi connectivity index (χ4v) is 0.278. The number of H-pyrrole nitrogens is 1. The summed E-state index contributed by atoms with van der Waals surface area (Å²) in [4.78, 5) is 2.86. The molecule has 1 aromatic rings. The molecule has 0 aliphatic carbocycles. The number of hydrogen-bond donors (Lipinski definition) is 2. The normalized spacial score (nSPS) is 6.44. The molecule has 0 bridgehead atoms. The van der Waals surface area contributed by atoms with Crippen LogP contribution in [0.25, 0.3) is 0 Å². The van der Waals surface area contributed by atoms with Gasteiger partial charge in [-0.25, -0.2) is 0 Å². The van der Waals surface area contributed by atoms with Gasteiger partial charge in [-0.15, -0.1) is 0 Å². The van der Waals surface area contributed by atoms with Crippen LogP contribution < -0.4 is 0 Å². The molecule has 0 atom stereocenters. The Morgan fingerprint density at radius 1 is 1.33 bits per heavy atom. The number of hydrogen-bond acceptors (Lipinski definition) is 1. The fraction of sp³-hybridized carbons (Fsp3) is 0.333. The highest BCUT2D eigenvalue weighted by atomic mass is 16.2. The zero-order chi connectivity index (χ0) is 6.24. The van der Waals surface area contributed by atoms with E-state index in [0.29, 0.717) is 0 Å². The Labute approximate surface area is 54.7 Å². The van der Waals surface area contributed by atoms with Crippen LogP contribution in [0.5, 0.6) is 0 Å². The van der Waals surface area contributed by atoms with E-state index in [2.05, 4.69) is 4.98 Å². The van der Waals surface area contributed by atoms with Gasteiger partial charge in [-0.2, -0.15) is 0 Å². The average molecular weight is 131 g/mol. The quantitative estimate of drug-likeness (QED) is 0.518. The minimum Gasteiger partial charge on any atom is -0.412 e. The van der Waals surface area contributed by atoms with E-state index < -0.39 is 0 Å². The van der Waals surface area contributed by atoms with E-state index in [0.717, 1.165) is 0 Å². The highest BCUT2D eigenvalue weighted by Gasteiger charge is 1.55. The second-order valence-corrected chi connectivity index (χ2v) is 1.20. The van der Waals surface area contributed by atoms with Crippen molar-refractivity contribution in [3.63, 3.8) is 0 Å². The first-order chi connectivity index (χ1) is 3.91. The maximum Gasteiger partial charge on any atom is 0.0402 e. The van der Waals surface area contributed by atoms with E-state index in [1.807, 2.05) is 24.5 Å². The predicted molar refractivity (Wildman–Crippen MR) is 37.2 cm³/mol. The van der Waals surface area contributed by atoms with Gasteiger partial charge in [0.1, 0.15) is 0 Å². The molecule has 1 heterocycles. The molecule has 0 fully saturated rings. The molecule has 1 rings (SSSR count). The Kier molecular flexibility index (Phi) is 12.6. The zero-order valence-electron chi connectivity index (χ0n) is 5.46. The number of aromatic nitrogens is 1. The lowest BCUT2D eigenvalue weighted by atomic mass is 10.7. The van der Waals surface area contributed by atoms with Crippen LogP contribution in [0.4, 0.5) is 0 Å². The van der Waals surface area contributed by atoms with Crippen molar-refractivity contribution in [1.29, 1.82) is 0 Å². The summed E-state index contributed by atoms with van der Waals surface area (Å²) < 4.78 is 0. The van der Waals surface area contributed by atoms with E-state index in [9.17, 15) is 0 Å². The highest BCUT2D eigenvalue weighted by Crippen LogP contribution is 1.72. The molecule has 0 aromatic carbocycles.